The number of para-hydroxylation sites is 1. The van der Waals surface area contributed by atoms with E-state index in [-0.39, 0.29) is 0 Å². The van der Waals surface area contributed by atoms with Crippen LogP contribution >= 0.6 is 11.6 Å². The Morgan fingerprint density at radius 2 is 1.75 bits per heavy atom. The molecule has 2 N–H and O–H groups in total. The van der Waals surface area contributed by atoms with Crippen molar-refractivity contribution in [1.29, 1.82) is 0 Å². The van der Waals surface area contributed by atoms with E-state index in [2.05, 4.69) is 10.6 Å². The summed E-state index contributed by atoms with van der Waals surface area (Å²) in [5.74, 6) is 0.322. The molecule has 0 aliphatic carbocycles. The highest BCUT2D eigenvalue weighted by Gasteiger charge is 2.19. The van der Waals surface area contributed by atoms with E-state index in [0.717, 1.165) is 38.7 Å². The molecule has 0 aliphatic rings. The Bertz CT molecular complexity index is 1440. The maximum Gasteiger partial charge on any atom is 0.249 e. The predicted molar refractivity (Wildman–Crippen MR) is 128 cm³/mol. The highest BCUT2D eigenvalue weighted by Crippen LogP contribution is 2.36. The Morgan fingerprint density at radius 1 is 0.969 bits per heavy atom. The summed E-state index contributed by atoms with van der Waals surface area (Å²) in [5, 5.41) is 2.14. The molecular weight excluding hydrogens is 420 g/mol. The van der Waals surface area contributed by atoms with E-state index in [1.54, 1.807) is 18.2 Å². The van der Waals surface area contributed by atoms with E-state index in [1.165, 1.54) is 0 Å². The Labute approximate surface area is 190 Å². The molecule has 0 saturated carbocycles. The van der Waals surface area contributed by atoms with Gasteiger partial charge in [0.15, 0.2) is 0 Å². The number of ether oxygens (including phenoxy) is 1. The van der Waals surface area contributed by atoms with Gasteiger partial charge in [-0.25, -0.2) is 0 Å². The highest BCUT2D eigenvalue weighted by atomic mass is 35.5. The van der Waals surface area contributed by atoms with Crippen LogP contribution in [-0.4, -0.2) is 10.5 Å². The lowest BCUT2D eigenvalue weighted by molar-refractivity contribution is 0.100. The van der Waals surface area contributed by atoms with E-state index in [9.17, 15) is 4.79 Å². The molecule has 4 aromatic carbocycles. The number of halogens is 1. The van der Waals surface area contributed by atoms with Gasteiger partial charge in [0.05, 0.1) is 22.6 Å². The minimum absolute atomic E-state index is 0.457. The van der Waals surface area contributed by atoms with Crippen molar-refractivity contribution in [3.05, 3.63) is 113 Å². The van der Waals surface area contributed by atoms with Gasteiger partial charge in [0.25, 0.3) is 0 Å². The van der Waals surface area contributed by atoms with E-state index in [4.69, 9.17) is 22.1 Å². The second-order valence-electron chi connectivity index (χ2n) is 7.58. The number of hydrogen-bond acceptors (Lipinski definition) is 2. The molecule has 1 amide bonds. The molecule has 5 aromatic rings. The van der Waals surface area contributed by atoms with Crippen molar-refractivity contribution < 1.29 is 9.53 Å². The summed E-state index contributed by atoms with van der Waals surface area (Å²) < 4.78 is 8.26. The van der Waals surface area contributed by atoms with Gasteiger partial charge in [-0.2, -0.15) is 0 Å². The summed E-state index contributed by atoms with van der Waals surface area (Å²) in [7, 11) is 0. The van der Waals surface area contributed by atoms with Crippen LogP contribution in [0.4, 0.5) is 0 Å². The van der Waals surface area contributed by atoms with Crippen molar-refractivity contribution in [2.24, 2.45) is 5.73 Å². The van der Waals surface area contributed by atoms with Crippen LogP contribution in [-0.2, 0) is 13.2 Å². The van der Waals surface area contributed by atoms with Crippen LogP contribution in [0.5, 0.6) is 5.75 Å². The maximum atomic E-state index is 12.1. The average molecular weight is 440 g/mol. The Hall–Kier alpha value is -3.76. The molecule has 0 spiro atoms. The fourth-order valence-electron chi connectivity index (χ4n) is 4.12. The number of hydrogen-bond donors (Lipinski definition) is 1. The van der Waals surface area contributed by atoms with Gasteiger partial charge in [-0.3, -0.25) is 4.79 Å². The summed E-state index contributed by atoms with van der Waals surface area (Å²) in [5.41, 5.74) is 9.93. The lowest BCUT2D eigenvalue weighted by Gasteiger charge is -2.14. The summed E-state index contributed by atoms with van der Waals surface area (Å²) >= 11 is 6.62. The normalized spacial score (nSPS) is 11.2. The van der Waals surface area contributed by atoms with Gasteiger partial charge in [-0.1, -0.05) is 72.3 Å². The molecule has 0 saturated heterocycles. The number of fused-ring (bicyclic) bond motifs is 3. The number of amides is 1. The molecule has 0 bridgehead atoms. The van der Waals surface area contributed by atoms with Gasteiger partial charge in [0, 0.05) is 21.9 Å². The predicted octanol–water partition coefficient (Wildman–Crippen LogP) is 5.97. The third-order valence-corrected chi connectivity index (χ3v) is 5.88. The Balaban J connectivity index is 1.62. The van der Waals surface area contributed by atoms with Crippen molar-refractivity contribution in [2.45, 2.75) is 13.2 Å². The number of nitrogens with two attached hydrogens (primary N) is 1. The average Bonchev–Trinajstić information content (AvgIpc) is 3.14. The Kier molecular flexibility index (Phi) is 5.29. The first-order valence-corrected chi connectivity index (χ1v) is 10.7. The lowest BCUT2D eigenvalue weighted by Crippen LogP contribution is -2.11. The number of benzene rings is 4. The molecule has 157 valence electrons. The summed E-state index contributed by atoms with van der Waals surface area (Å²) in [6.45, 7) is 0.996. The fourth-order valence-corrected chi connectivity index (χ4v) is 4.38. The number of carbonyl (C=O) groups excluding carboxylic acids is 1. The first-order valence-electron chi connectivity index (χ1n) is 10.3. The second-order valence-corrected chi connectivity index (χ2v) is 7.99. The number of aromatic nitrogens is 1. The molecule has 32 heavy (non-hydrogen) atoms. The molecule has 0 fully saturated rings. The largest absolute Gasteiger partial charge is 0.489 e. The minimum atomic E-state index is -0.477. The number of rotatable bonds is 6. The maximum absolute atomic E-state index is 12.1. The SMILES string of the molecule is NC(=O)c1cccc2c1c1[c]ccc(Cl)c1n2Cc1ccccc1OCc1ccccc1. The molecular formula is C27H20ClN2O2. The van der Waals surface area contributed by atoms with Gasteiger partial charge >= 0.3 is 0 Å². The van der Waals surface area contributed by atoms with Crippen LogP contribution < -0.4 is 10.5 Å². The van der Waals surface area contributed by atoms with Crippen LogP contribution in [0.15, 0.2) is 84.9 Å². The van der Waals surface area contributed by atoms with Crippen molar-refractivity contribution >= 4 is 39.3 Å². The first-order chi connectivity index (χ1) is 15.6. The van der Waals surface area contributed by atoms with Crippen LogP contribution in [0.1, 0.15) is 21.5 Å². The molecule has 5 heteroatoms. The van der Waals surface area contributed by atoms with Gasteiger partial charge in [0.2, 0.25) is 5.91 Å². The number of nitrogens with zero attached hydrogens (tertiary/aromatic N) is 1. The lowest BCUT2D eigenvalue weighted by atomic mass is 10.1. The highest BCUT2D eigenvalue weighted by molar-refractivity contribution is 6.36. The molecule has 1 aromatic heterocycles. The summed E-state index contributed by atoms with van der Waals surface area (Å²) in [6, 6.07) is 30.4. The van der Waals surface area contributed by atoms with Crippen LogP contribution in [0.2, 0.25) is 5.02 Å². The monoisotopic (exact) mass is 439 g/mol. The topological polar surface area (TPSA) is 57.2 Å². The third kappa shape index (κ3) is 3.59. The quantitative estimate of drug-likeness (QED) is 0.354. The van der Waals surface area contributed by atoms with Crippen LogP contribution in [0, 0.1) is 6.07 Å². The smallest absolute Gasteiger partial charge is 0.249 e. The number of carbonyl (C=O) groups is 1. The molecule has 1 heterocycles. The summed E-state index contributed by atoms with van der Waals surface area (Å²) in [4.78, 5) is 12.1. The molecule has 1 radical (unpaired) electrons. The second kappa shape index (κ2) is 8.40. The molecule has 4 nitrogen and oxygen atoms in total. The summed E-state index contributed by atoms with van der Waals surface area (Å²) in [6.07, 6.45) is 0. The first kappa shape index (κ1) is 20.2. The van der Waals surface area contributed by atoms with E-state index in [1.807, 2.05) is 66.7 Å². The van der Waals surface area contributed by atoms with Crippen LogP contribution in [0.3, 0.4) is 0 Å². The standard InChI is InChI=1S/C27H20ClN2O2/c28-22-13-6-11-20-25-21(27(29)31)12-7-14-23(25)30(26(20)22)16-19-10-4-5-15-24(19)32-17-18-8-2-1-3-9-18/h1-10,12-15H,16-17H2,(H2,29,31). The molecule has 0 atom stereocenters. The van der Waals surface area contributed by atoms with E-state index >= 15 is 0 Å². The minimum Gasteiger partial charge on any atom is -0.489 e. The zero-order valence-electron chi connectivity index (χ0n) is 17.2. The van der Waals surface area contributed by atoms with Crippen molar-refractivity contribution in [2.75, 3.05) is 0 Å². The van der Waals surface area contributed by atoms with Crippen molar-refractivity contribution in [3.8, 4) is 5.75 Å². The van der Waals surface area contributed by atoms with E-state index < -0.39 is 5.91 Å². The van der Waals surface area contributed by atoms with Crippen LogP contribution in [0.25, 0.3) is 21.8 Å². The fraction of sp³-hybridized carbons (Fsp3) is 0.0741. The third-order valence-electron chi connectivity index (χ3n) is 5.58. The van der Waals surface area contributed by atoms with Crippen molar-refractivity contribution in [3.63, 3.8) is 0 Å². The molecule has 0 unspecified atom stereocenters. The van der Waals surface area contributed by atoms with Gasteiger partial charge < -0.3 is 15.0 Å². The van der Waals surface area contributed by atoms with Gasteiger partial charge in [-0.05, 0) is 35.9 Å². The number of primary amides is 1. The van der Waals surface area contributed by atoms with Gasteiger partial charge in [-0.15, -0.1) is 0 Å². The van der Waals surface area contributed by atoms with E-state index in [0.29, 0.717) is 23.7 Å². The molecule has 5 rings (SSSR count). The van der Waals surface area contributed by atoms with Gasteiger partial charge in [0.1, 0.15) is 12.4 Å². The van der Waals surface area contributed by atoms with Crippen molar-refractivity contribution in [1.82, 2.24) is 4.57 Å². The molecule has 0 aliphatic heterocycles. The zero-order chi connectivity index (χ0) is 22.1. The zero-order valence-corrected chi connectivity index (χ0v) is 18.0. The Morgan fingerprint density at radius 3 is 2.56 bits per heavy atom.